The average molecular weight is 432 g/mol. The molecule has 1 aliphatic heterocycles. The van der Waals surface area contributed by atoms with Gasteiger partial charge in [-0.1, -0.05) is 52.7 Å². The van der Waals surface area contributed by atoms with Crippen LogP contribution < -0.4 is 19.6 Å². The Hall–Kier alpha value is -2.61. The van der Waals surface area contributed by atoms with E-state index in [9.17, 15) is 4.79 Å². The van der Waals surface area contributed by atoms with Gasteiger partial charge >= 0.3 is 0 Å². The van der Waals surface area contributed by atoms with Gasteiger partial charge in [0.25, 0.3) is 5.56 Å². The molecule has 0 bridgehead atoms. The molecule has 2 aromatic carbocycles. The van der Waals surface area contributed by atoms with E-state index in [-0.39, 0.29) is 12.2 Å². The standard InChI is InChI=1S/C19H11Cl2N3O3S/c20-11-6-5-10(12(21)8-11)7-16-18(25)24-19(28-16)22-17(23-24)15-9-26-13-3-1-2-4-14(13)27-15/h1-8,15H,9H2/b16-7-. The third-order valence-corrected chi connectivity index (χ3v) is 5.77. The number of nitrogens with zero attached hydrogens (tertiary/aromatic N) is 3. The molecule has 3 heterocycles. The van der Waals surface area contributed by atoms with Gasteiger partial charge in [-0.05, 0) is 35.9 Å². The molecule has 1 unspecified atom stereocenters. The Morgan fingerprint density at radius 1 is 1.18 bits per heavy atom. The second-order valence-corrected chi connectivity index (χ2v) is 7.96. The summed E-state index contributed by atoms with van der Waals surface area (Å²) in [4.78, 5) is 17.6. The summed E-state index contributed by atoms with van der Waals surface area (Å²) in [5.41, 5.74) is 0.440. The number of halogens is 2. The minimum atomic E-state index is -0.473. The van der Waals surface area contributed by atoms with Gasteiger partial charge in [-0.3, -0.25) is 4.79 Å². The Morgan fingerprint density at radius 3 is 2.79 bits per heavy atom. The van der Waals surface area contributed by atoms with Gasteiger partial charge in [-0.25, -0.2) is 0 Å². The maximum atomic E-state index is 12.7. The summed E-state index contributed by atoms with van der Waals surface area (Å²) < 4.78 is 13.4. The third-order valence-electron chi connectivity index (χ3n) is 4.24. The second-order valence-electron chi connectivity index (χ2n) is 6.11. The predicted molar refractivity (Wildman–Crippen MR) is 108 cm³/mol. The van der Waals surface area contributed by atoms with E-state index < -0.39 is 6.10 Å². The van der Waals surface area contributed by atoms with Gasteiger partial charge in [-0.15, -0.1) is 5.10 Å². The van der Waals surface area contributed by atoms with Crippen molar-refractivity contribution in [1.29, 1.82) is 0 Å². The number of hydrogen-bond donors (Lipinski definition) is 0. The summed E-state index contributed by atoms with van der Waals surface area (Å²) in [5.74, 6) is 1.72. The largest absolute Gasteiger partial charge is 0.485 e. The molecule has 9 heteroatoms. The van der Waals surface area contributed by atoms with Crippen molar-refractivity contribution in [3.05, 3.63) is 78.8 Å². The quantitative estimate of drug-likeness (QED) is 0.485. The van der Waals surface area contributed by atoms with Crippen molar-refractivity contribution in [3.63, 3.8) is 0 Å². The third kappa shape index (κ3) is 3.01. The maximum absolute atomic E-state index is 12.7. The second kappa shape index (κ2) is 6.77. The van der Waals surface area contributed by atoms with Crippen LogP contribution in [0, 0.1) is 0 Å². The monoisotopic (exact) mass is 431 g/mol. The number of rotatable bonds is 2. The van der Waals surface area contributed by atoms with Crippen LogP contribution in [0.3, 0.4) is 0 Å². The van der Waals surface area contributed by atoms with Gasteiger partial charge in [0.05, 0.1) is 4.53 Å². The molecule has 0 radical (unpaired) electrons. The Labute approximate surface area is 172 Å². The number of hydrogen-bond acceptors (Lipinski definition) is 6. The van der Waals surface area contributed by atoms with E-state index in [0.29, 0.717) is 42.4 Å². The van der Waals surface area contributed by atoms with E-state index in [2.05, 4.69) is 10.1 Å². The van der Waals surface area contributed by atoms with E-state index in [0.717, 1.165) is 0 Å². The van der Waals surface area contributed by atoms with Crippen molar-refractivity contribution in [2.24, 2.45) is 0 Å². The van der Waals surface area contributed by atoms with Crippen LogP contribution in [0.4, 0.5) is 0 Å². The van der Waals surface area contributed by atoms with Crippen LogP contribution in [0.25, 0.3) is 11.0 Å². The first-order valence-electron chi connectivity index (χ1n) is 8.33. The van der Waals surface area contributed by atoms with Crippen LogP contribution in [0.2, 0.25) is 10.0 Å². The minimum absolute atomic E-state index is 0.262. The van der Waals surface area contributed by atoms with Crippen LogP contribution in [0.5, 0.6) is 11.5 Å². The van der Waals surface area contributed by atoms with Crippen LogP contribution in [-0.4, -0.2) is 21.2 Å². The van der Waals surface area contributed by atoms with Crippen molar-refractivity contribution in [2.75, 3.05) is 6.61 Å². The zero-order valence-corrected chi connectivity index (χ0v) is 16.5. The molecule has 1 aliphatic rings. The fourth-order valence-corrected chi connectivity index (χ4v) is 4.26. The molecule has 5 rings (SSSR count). The SMILES string of the molecule is O=c1/c(=C/c2ccc(Cl)cc2Cl)sc2nc(C3COc4ccccc4O3)nn12. The molecular weight excluding hydrogens is 421 g/mol. The van der Waals surface area contributed by atoms with Crippen molar-refractivity contribution in [1.82, 2.24) is 14.6 Å². The zero-order valence-electron chi connectivity index (χ0n) is 14.1. The molecule has 140 valence electrons. The van der Waals surface area contributed by atoms with Gasteiger partial charge in [0.15, 0.2) is 23.4 Å². The molecule has 4 aromatic rings. The first-order valence-corrected chi connectivity index (χ1v) is 9.90. The number of para-hydroxylation sites is 2. The minimum Gasteiger partial charge on any atom is -0.485 e. The van der Waals surface area contributed by atoms with Gasteiger partial charge < -0.3 is 9.47 Å². The smallest absolute Gasteiger partial charge is 0.291 e. The van der Waals surface area contributed by atoms with Gasteiger partial charge in [0.2, 0.25) is 4.96 Å². The highest BCUT2D eigenvalue weighted by atomic mass is 35.5. The van der Waals surface area contributed by atoms with Crippen LogP contribution in [-0.2, 0) is 0 Å². The Bertz CT molecular complexity index is 1320. The van der Waals surface area contributed by atoms with Crippen LogP contribution in [0.15, 0.2) is 47.3 Å². The molecular formula is C19H11Cl2N3O3S. The molecule has 0 spiro atoms. The van der Waals surface area contributed by atoms with Gasteiger partial charge in [0.1, 0.15) is 6.61 Å². The summed E-state index contributed by atoms with van der Waals surface area (Å²) in [7, 11) is 0. The number of ether oxygens (including phenoxy) is 2. The summed E-state index contributed by atoms with van der Waals surface area (Å²) in [5, 5.41) is 5.34. The molecule has 0 aliphatic carbocycles. The molecule has 0 amide bonds. The fraction of sp³-hybridized carbons (Fsp3) is 0.105. The summed E-state index contributed by atoms with van der Waals surface area (Å²) in [6, 6.07) is 12.5. The molecule has 0 N–H and O–H groups in total. The number of thiazole rings is 1. The fourth-order valence-electron chi connectivity index (χ4n) is 2.89. The summed E-state index contributed by atoms with van der Waals surface area (Å²) in [6.07, 6.45) is 1.23. The van der Waals surface area contributed by atoms with Crippen LogP contribution in [0.1, 0.15) is 17.5 Å². The van der Waals surface area contributed by atoms with Crippen molar-refractivity contribution in [2.45, 2.75) is 6.10 Å². The highest BCUT2D eigenvalue weighted by Gasteiger charge is 2.27. The Morgan fingerprint density at radius 2 is 2.00 bits per heavy atom. The van der Waals surface area contributed by atoms with E-state index in [4.69, 9.17) is 32.7 Å². The first kappa shape index (κ1) is 17.5. The lowest BCUT2D eigenvalue weighted by Crippen LogP contribution is -2.26. The average Bonchev–Trinajstić information content (AvgIpc) is 3.23. The highest BCUT2D eigenvalue weighted by Crippen LogP contribution is 2.35. The van der Waals surface area contributed by atoms with Crippen molar-refractivity contribution >= 4 is 45.6 Å². The maximum Gasteiger partial charge on any atom is 0.291 e. The summed E-state index contributed by atoms with van der Waals surface area (Å²) >= 11 is 13.3. The van der Waals surface area contributed by atoms with Crippen molar-refractivity contribution in [3.8, 4) is 11.5 Å². The zero-order chi connectivity index (χ0) is 19.3. The highest BCUT2D eigenvalue weighted by molar-refractivity contribution is 7.15. The van der Waals surface area contributed by atoms with Gasteiger partial charge in [0, 0.05) is 10.0 Å². The molecule has 2 aromatic heterocycles. The lowest BCUT2D eigenvalue weighted by atomic mass is 10.2. The lowest BCUT2D eigenvalue weighted by molar-refractivity contribution is 0.0852. The molecule has 0 saturated heterocycles. The van der Waals surface area contributed by atoms with E-state index >= 15 is 0 Å². The van der Waals surface area contributed by atoms with E-state index in [1.54, 1.807) is 24.3 Å². The molecule has 28 heavy (non-hydrogen) atoms. The van der Waals surface area contributed by atoms with Crippen LogP contribution >= 0.6 is 34.5 Å². The first-order chi connectivity index (χ1) is 13.6. The Kier molecular flexibility index (Phi) is 4.23. The van der Waals surface area contributed by atoms with E-state index in [1.807, 2.05) is 24.3 Å². The molecule has 6 nitrogen and oxygen atoms in total. The topological polar surface area (TPSA) is 65.7 Å². The predicted octanol–water partition coefficient (Wildman–Crippen LogP) is 3.52. The summed E-state index contributed by atoms with van der Waals surface area (Å²) in [6.45, 7) is 0.280. The number of aromatic nitrogens is 3. The van der Waals surface area contributed by atoms with E-state index in [1.165, 1.54) is 15.9 Å². The lowest BCUT2D eigenvalue weighted by Gasteiger charge is -2.24. The number of fused-ring (bicyclic) bond motifs is 2. The Balaban J connectivity index is 1.51. The van der Waals surface area contributed by atoms with Crippen molar-refractivity contribution < 1.29 is 9.47 Å². The number of benzene rings is 2. The molecule has 0 fully saturated rings. The molecule has 1 atom stereocenters. The van der Waals surface area contributed by atoms with Gasteiger partial charge in [-0.2, -0.15) is 9.50 Å². The normalized spacial score (nSPS) is 16.6. The molecule has 0 saturated carbocycles.